The van der Waals surface area contributed by atoms with Gasteiger partial charge in [-0.1, -0.05) is 6.92 Å². The number of rotatable bonds is 7. The first-order chi connectivity index (χ1) is 6.81. The van der Waals surface area contributed by atoms with Crippen LogP contribution in [0.15, 0.2) is 0 Å². The van der Waals surface area contributed by atoms with E-state index in [1.54, 1.807) is 11.8 Å². The Hall–Kier alpha value is -0.270. The Morgan fingerprint density at radius 2 is 2.00 bits per heavy atom. The van der Waals surface area contributed by atoms with Gasteiger partial charge in [0.15, 0.2) is 5.25 Å². The molecule has 0 aromatic carbocycles. The molecule has 0 fully saturated rings. The van der Waals surface area contributed by atoms with Gasteiger partial charge < -0.3 is 5.11 Å². The fourth-order valence-corrected chi connectivity index (χ4v) is 2.58. The number of nitrogens with one attached hydrogen (secondary N) is 1. The number of carboxylic acids is 1. The third-order valence-corrected chi connectivity index (χ3v) is 4.50. The smallest absolute Gasteiger partial charge is 0.323 e. The lowest BCUT2D eigenvalue weighted by atomic mass is 10.2. The van der Waals surface area contributed by atoms with E-state index < -0.39 is 21.2 Å². The minimum absolute atomic E-state index is 0.191. The quantitative estimate of drug-likeness (QED) is 0.687. The highest BCUT2D eigenvalue weighted by Crippen LogP contribution is 2.05. The standard InChI is InChI=1S/C8H17NO4S2/c1-6(5-14-3)4-9-15(12,13)7(2)8(10)11/h6-7,9H,4-5H2,1-3H3,(H,10,11). The maximum atomic E-state index is 11.4. The predicted molar refractivity (Wildman–Crippen MR) is 61.6 cm³/mol. The molecule has 15 heavy (non-hydrogen) atoms. The Morgan fingerprint density at radius 3 is 2.40 bits per heavy atom. The third-order valence-electron chi connectivity index (χ3n) is 1.90. The lowest BCUT2D eigenvalue weighted by molar-refractivity contribution is -0.136. The van der Waals surface area contributed by atoms with Gasteiger partial charge in [-0.15, -0.1) is 0 Å². The van der Waals surface area contributed by atoms with Crippen LogP contribution in [0.3, 0.4) is 0 Å². The van der Waals surface area contributed by atoms with E-state index in [1.807, 2.05) is 13.2 Å². The van der Waals surface area contributed by atoms with Gasteiger partial charge in [-0.25, -0.2) is 13.1 Å². The van der Waals surface area contributed by atoms with Gasteiger partial charge in [-0.3, -0.25) is 4.79 Å². The highest BCUT2D eigenvalue weighted by atomic mass is 32.2. The Labute approximate surface area is 94.7 Å². The molecule has 0 radical (unpaired) electrons. The zero-order chi connectivity index (χ0) is 12.1. The van der Waals surface area contributed by atoms with Crippen LogP contribution in [0.1, 0.15) is 13.8 Å². The molecule has 0 rings (SSSR count). The minimum Gasteiger partial charge on any atom is -0.480 e. The molecule has 0 aromatic rings. The zero-order valence-corrected chi connectivity index (χ0v) is 10.7. The molecule has 0 amide bonds. The van der Waals surface area contributed by atoms with Crippen molar-refractivity contribution < 1.29 is 18.3 Å². The number of carbonyl (C=O) groups is 1. The summed E-state index contributed by atoms with van der Waals surface area (Å²) < 4.78 is 25.1. The number of carboxylic acid groups (broad SMARTS) is 1. The molecule has 0 saturated carbocycles. The second kappa shape index (κ2) is 6.34. The Morgan fingerprint density at radius 1 is 1.47 bits per heavy atom. The molecule has 2 unspecified atom stereocenters. The Kier molecular flexibility index (Phi) is 6.23. The summed E-state index contributed by atoms with van der Waals surface area (Å²) in [6, 6.07) is 0. The maximum absolute atomic E-state index is 11.4. The van der Waals surface area contributed by atoms with Gasteiger partial charge in [-0.2, -0.15) is 11.8 Å². The number of thioether (sulfide) groups is 1. The molecule has 0 aliphatic carbocycles. The number of sulfonamides is 1. The van der Waals surface area contributed by atoms with Gasteiger partial charge in [-0.05, 0) is 24.9 Å². The van der Waals surface area contributed by atoms with Crippen molar-refractivity contribution in [2.75, 3.05) is 18.6 Å². The summed E-state index contributed by atoms with van der Waals surface area (Å²) >= 11 is 1.62. The van der Waals surface area contributed by atoms with Crippen molar-refractivity contribution in [1.82, 2.24) is 4.72 Å². The average molecular weight is 255 g/mol. The second-order valence-corrected chi connectivity index (χ2v) is 6.43. The molecule has 5 nitrogen and oxygen atoms in total. The van der Waals surface area contributed by atoms with Gasteiger partial charge in [0.1, 0.15) is 0 Å². The van der Waals surface area contributed by atoms with E-state index in [0.717, 1.165) is 12.7 Å². The molecule has 0 aromatic heterocycles. The monoisotopic (exact) mass is 255 g/mol. The van der Waals surface area contributed by atoms with Crippen LogP contribution in [-0.2, 0) is 14.8 Å². The molecule has 0 bridgehead atoms. The lowest BCUT2D eigenvalue weighted by Gasteiger charge is -2.13. The van der Waals surface area contributed by atoms with Gasteiger partial charge in [0.05, 0.1) is 0 Å². The summed E-state index contributed by atoms with van der Waals surface area (Å²) in [4.78, 5) is 10.5. The number of hydrogen-bond acceptors (Lipinski definition) is 4. The van der Waals surface area contributed by atoms with Crippen LogP contribution in [0.5, 0.6) is 0 Å². The Balaban J connectivity index is 4.22. The highest BCUT2D eigenvalue weighted by Gasteiger charge is 2.27. The van der Waals surface area contributed by atoms with E-state index >= 15 is 0 Å². The highest BCUT2D eigenvalue weighted by molar-refractivity contribution is 7.98. The van der Waals surface area contributed by atoms with Gasteiger partial charge in [0.25, 0.3) is 0 Å². The molecular formula is C8H17NO4S2. The largest absolute Gasteiger partial charge is 0.480 e. The van der Waals surface area contributed by atoms with Crippen molar-refractivity contribution >= 4 is 27.8 Å². The van der Waals surface area contributed by atoms with E-state index in [4.69, 9.17) is 5.11 Å². The molecule has 90 valence electrons. The molecule has 0 heterocycles. The fourth-order valence-electron chi connectivity index (χ4n) is 0.860. The average Bonchev–Trinajstić information content (AvgIpc) is 2.14. The first-order valence-corrected chi connectivity index (χ1v) is 7.45. The molecule has 0 aliphatic rings. The molecular weight excluding hydrogens is 238 g/mol. The van der Waals surface area contributed by atoms with Crippen LogP contribution < -0.4 is 4.72 Å². The van der Waals surface area contributed by atoms with Crippen molar-refractivity contribution in [1.29, 1.82) is 0 Å². The van der Waals surface area contributed by atoms with E-state index in [0.29, 0.717) is 0 Å². The van der Waals surface area contributed by atoms with Crippen molar-refractivity contribution in [3.05, 3.63) is 0 Å². The maximum Gasteiger partial charge on any atom is 0.323 e. The second-order valence-electron chi connectivity index (χ2n) is 3.43. The van der Waals surface area contributed by atoms with Crippen LogP contribution in [0.2, 0.25) is 0 Å². The van der Waals surface area contributed by atoms with Crippen LogP contribution >= 0.6 is 11.8 Å². The third kappa shape index (κ3) is 5.39. The van der Waals surface area contributed by atoms with Crippen molar-refractivity contribution in [2.24, 2.45) is 5.92 Å². The molecule has 0 saturated heterocycles. The van der Waals surface area contributed by atoms with Gasteiger partial charge in [0, 0.05) is 6.54 Å². The van der Waals surface area contributed by atoms with E-state index in [1.165, 1.54) is 0 Å². The van der Waals surface area contributed by atoms with Crippen molar-refractivity contribution in [3.8, 4) is 0 Å². The van der Waals surface area contributed by atoms with Crippen LogP contribution in [0, 0.1) is 5.92 Å². The zero-order valence-electron chi connectivity index (χ0n) is 9.06. The first kappa shape index (κ1) is 14.7. The summed E-state index contributed by atoms with van der Waals surface area (Å²) in [5, 5.41) is 7.16. The van der Waals surface area contributed by atoms with Crippen molar-refractivity contribution in [2.45, 2.75) is 19.1 Å². The Bertz CT molecular complexity index is 302. The first-order valence-electron chi connectivity index (χ1n) is 4.51. The molecule has 7 heteroatoms. The fraction of sp³-hybridized carbons (Fsp3) is 0.875. The summed E-state index contributed by atoms with van der Waals surface area (Å²) in [5.41, 5.74) is 0. The predicted octanol–water partition coefficient (Wildman–Crippen LogP) is 0.378. The van der Waals surface area contributed by atoms with E-state index in [2.05, 4.69) is 4.72 Å². The SMILES string of the molecule is CSCC(C)CNS(=O)(=O)C(C)C(=O)O. The van der Waals surface area contributed by atoms with Gasteiger partial charge in [0.2, 0.25) is 10.0 Å². The van der Waals surface area contributed by atoms with E-state index in [-0.39, 0.29) is 12.5 Å². The van der Waals surface area contributed by atoms with Crippen LogP contribution in [-0.4, -0.2) is 43.3 Å². The minimum atomic E-state index is -3.73. The van der Waals surface area contributed by atoms with Crippen LogP contribution in [0.4, 0.5) is 0 Å². The van der Waals surface area contributed by atoms with Crippen molar-refractivity contribution in [3.63, 3.8) is 0 Å². The number of aliphatic carboxylic acids is 1. The van der Waals surface area contributed by atoms with Gasteiger partial charge >= 0.3 is 5.97 Å². The van der Waals surface area contributed by atoms with Crippen LogP contribution in [0.25, 0.3) is 0 Å². The normalized spacial score (nSPS) is 15.9. The molecule has 0 aliphatic heterocycles. The summed E-state index contributed by atoms with van der Waals surface area (Å²) in [6.45, 7) is 3.34. The molecule has 2 N–H and O–H groups in total. The van der Waals surface area contributed by atoms with E-state index in [9.17, 15) is 13.2 Å². The molecule has 2 atom stereocenters. The summed E-state index contributed by atoms with van der Waals surface area (Å²) in [5.74, 6) is -0.306. The number of hydrogen-bond donors (Lipinski definition) is 2. The summed E-state index contributed by atoms with van der Waals surface area (Å²) in [7, 11) is -3.73. The summed E-state index contributed by atoms with van der Waals surface area (Å²) in [6.07, 6.45) is 1.94. The topological polar surface area (TPSA) is 83.5 Å². The lowest BCUT2D eigenvalue weighted by Crippen LogP contribution is -2.39. The molecule has 0 spiro atoms.